The highest BCUT2D eigenvalue weighted by molar-refractivity contribution is 5.93. The van der Waals surface area contributed by atoms with Crippen molar-refractivity contribution in [2.75, 3.05) is 18.4 Å². The van der Waals surface area contributed by atoms with Crippen molar-refractivity contribution in [1.29, 1.82) is 0 Å². The van der Waals surface area contributed by atoms with Crippen LogP contribution in [-0.2, 0) is 14.4 Å². The number of hydrogen-bond acceptors (Lipinski definition) is 3. The maximum atomic E-state index is 13.4. The minimum Gasteiger partial charge on any atom is -0.342 e. The molecule has 2 aromatic rings. The summed E-state index contributed by atoms with van der Waals surface area (Å²) in [6, 6.07) is 13.6. The SMILES string of the molecule is CC(=O)CCC(=O)N1CCC[C@H](C(=O)Nc2ccc(-c3cccc(F)c3)cc2)C1. The van der Waals surface area contributed by atoms with Gasteiger partial charge in [-0.25, -0.2) is 4.39 Å². The van der Waals surface area contributed by atoms with Crippen LogP contribution in [0.4, 0.5) is 10.1 Å². The number of nitrogens with one attached hydrogen (secondary N) is 1. The highest BCUT2D eigenvalue weighted by Crippen LogP contribution is 2.24. The van der Waals surface area contributed by atoms with Crippen LogP contribution >= 0.6 is 0 Å². The van der Waals surface area contributed by atoms with E-state index < -0.39 is 0 Å². The highest BCUT2D eigenvalue weighted by atomic mass is 19.1. The van der Waals surface area contributed by atoms with Gasteiger partial charge < -0.3 is 15.0 Å². The van der Waals surface area contributed by atoms with E-state index in [2.05, 4.69) is 5.32 Å². The minimum atomic E-state index is -0.292. The number of nitrogens with zero attached hydrogens (tertiary/aromatic N) is 1. The number of likely N-dealkylation sites (tertiary alicyclic amines) is 1. The molecular weight excluding hydrogens is 371 g/mol. The second kappa shape index (κ2) is 9.45. The molecule has 1 N–H and O–H groups in total. The topological polar surface area (TPSA) is 66.5 Å². The summed E-state index contributed by atoms with van der Waals surface area (Å²) in [6.45, 7) is 2.48. The molecule has 6 heteroatoms. The third-order valence-electron chi connectivity index (χ3n) is 5.15. The number of halogens is 1. The van der Waals surface area contributed by atoms with Gasteiger partial charge in [0.05, 0.1) is 5.92 Å². The highest BCUT2D eigenvalue weighted by Gasteiger charge is 2.28. The molecule has 1 fully saturated rings. The summed E-state index contributed by atoms with van der Waals surface area (Å²) in [5.74, 6) is -0.761. The first-order chi connectivity index (χ1) is 13.9. The average Bonchev–Trinajstić information content (AvgIpc) is 2.72. The third kappa shape index (κ3) is 5.73. The van der Waals surface area contributed by atoms with Gasteiger partial charge in [-0.2, -0.15) is 0 Å². The second-order valence-electron chi connectivity index (χ2n) is 7.46. The maximum Gasteiger partial charge on any atom is 0.229 e. The van der Waals surface area contributed by atoms with Crippen LogP contribution in [0.1, 0.15) is 32.6 Å². The summed E-state index contributed by atoms with van der Waals surface area (Å²) in [7, 11) is 0. The minimum absolute atomic E-state index is 0.00802. The lowest BCUT2D eigenvalue weighted by Gasteiger charge is -2.32. The zero-order valence-electron chi connectivity index (χ0n) is 16.5. The lowest BCUT2D eigenvalue weighted by Crippen LogP contribution is -2.43. The molecule has 29 heavy (non-hydrogen) atoms. The Morgan fingerprint density at radius 2 is 1.83 bits per heavy atom. The van der Waals surface area contributed by atoms with Crippen molar-refractivity contribution in [1.82, 2.24) is 4.90 Å². The van der Waals surface area contributed by atoms with Gasteiger partial charge in [0.2, 0.25) is 11.8 Å². The normalized spacial score (nSPS) is 16.3. The number of ketones is 1. The Morgan fingerprint density at radius 3 is 2.52 bits per heavy atom. The number of piperidine rings is 1. The molecule has 1 aliphatic rings. The molecule has 0 bridgehead atoms. The smallest absolute Gasteiger partial charge is 0.229 e. The van der Waals surface area contributed by atoms with Crippen molar-refractivity contribution in [3.05, 3.63) is 54.3 Å². The van der Waals surface area contributed by atoms with Gasteiger partial charge in [-0.05, 0) is 55.2 Å². The predicted molar refractivity (Wildman–Crippen MR) is 110 cm³/mol. The van der Waals surface area contributed by atoms with E-state index in [1.54, 1.807) is 23.1 Å². The zero-order valence-corrected chi connectivity index (χ0v) is 16.5. The fourth-order valence-corrected chi connectivity index (χ4v) is 3.52. The second-order valence-corrected chi connectivity index (χ2v) is 7.46. The Bertz CT molecular complexity index is 895. The van der Waals surface area contributed by atoms with Gasteiger partial charge >= 0.3 is 0 Å². The molecule has 0 unspecified atom stereocenters. The third-order valence-corrected chi connectivity index (χ3v) is 5.15. The van der Waals surface area contributed by atoms with E-state index in [0.29, 0.717) is 18.8 Å². The summed E-state index contributed by atoms with van der Waals surface area (Å²) >= 11 is 0. The fourth-order valence-electron chi connectivity index (χ4n) is 3.52. The number of anilines is 1. The zero-order chi connectivity index (χ0) is 20.8. The van der Waals surface area contributed by atoms with Crippen molar-refractivity contribution in [2.45, 2.75) is 32.6 Å². The first-order valence-electron chi connectivity index (χ1n) is 9.86. The van der Waals surface area contributed by atoms with E-state index in [4.69, 9.17) is 0 Å². The summed E-state index contributed by atoms with van der Waals surface area (Å²) in [6.07, 6.45) is 1.93. The molecular formula is C23H25FN2O3. The van der Waals surface area contributed by atoms with Gasteiger partial charge in [-0.15, -0.1) is 0 Å². The number of carbonyl (C=O) groups is 3. The van der Waals surface area contributed by atoms with Crippen molar-refractivity contribution in [3.63, 3.8) is 0 Å². The van der Waals surface area contributed by atoms with E-state index in [1.807, 2.05) is 18.2 Å². The number of carbonyl (C=O) groups excluding carboxylic acids is 3. The van der Waals surface area contributed by atoms with E-state index >= 15 is 0 Å². The first kappa shape index (κ1) is 20.7. The van der Waals surface area contributed by atoms with E-state index in [1.165, 1.54) is 19.1 Å². The van der Waals surface area contributed by atoms with E-state index in [9.17, 15) is 18.8 Å². The Hall–Kier alpha value is -3.02. The van der Waals surface area contributed by atoms with Gasteiger partial charge in [0, 0.05) is 31.6 Å². The van der Waals surface area contributed by atoms with Crippen LogP contribution < -0.4 is 5.32 Å². The molecule has 0 radical (unpaired) electrons. The molecule has 1 saturated heterocycles. The largest absolute Gasteiger partial charge is 0.342 e. The molecule has 0 aliphatic carbocycles. The van der Waals surface area contributed by atoms with E-state index in [0.717, 1.165) is 24.0 Å². The molecule has 0 aromatic heterocycles. The van der Waals surface area contributed by atoms with Crippen molar-refractivity contribution in [3.8, 4) is 11.1 Å². The van der Waals surface area contributed by atoms with E-state index in [-0.39, 0.29) is 42.2 Å². The van der Waals surface area contributed by atoms with Gasteiger partial charge in [-0.3, -0.25) is 9.59 Å². The molecule has 1 aliphatic heterocycles. The molecule has 3 rings (SSSR count). The number of amides is 2. The number of benzene rings is 2. The van der Waals surface area contributed by atoms with Crippen molar-refractivity contribution < 1.29 is 18.8 Å². The molecule has 1 atom stereocenters. The van der Waals surface area contributed by atoms with Crippen LogP contribution in [-0.4, -0.2) is 35.6 Å². The molecule has 152 valence electrons. The number of rotatable bonds is 6. The Labute approximate surface area is 169 Å². The first-order valence-corrected chi connectivity index (χ1v) is 9.86. The monoisotopic (exact) mass is 396 g/mol. The molecule has 5 nitrogen and oxygen atoms in total. The van der Waals surface area contributed by atoms with Crippen LogP contribution in [0.25, 0.3) is 11.1 Å². The summed E-state index contributed by atoms with van der Waals surface area (Å²) < 4.78 is 13.4. The fraction of sp³-hybridized carbons (Fsp3) is 0.348. The molecule has 0 spiro atoms. The summed E-state index contributed by atoms with van der Waals surface area (Å²) in [4.78, 5) is 37.7. The maximum absolute atomic E-state index is 13.4. The number of hydrogen-bond donors (Lipinski definition) is 1. The van der Waals surface area contributed by atoms with Gasteiger partial charge in [0.15, 0.2) is 0 Å². The van der Waals surface area contributed by atoms with Crippen molar-refractivity contribution >= 4 is 23.3 Å². The summed E-state index contributed by atoms with van der Waals surface area (Å²) in [5.41, 5.74) is 2.30. The van der Waals surface area contributed by atoms with Crippen LogP contribution in [0.3, 0.4) is 0 Å². The summed E-state index contributed by atoms with van der Waals surface area (Å²) in [5, 5.41) is 2.91. The number of Topliss-reactive ketones (excluding diaryl/α,β-unsaturated/α-hetero) is 1. The molecule has 2 amide bonds. The Kier molecular flexibility index (Phi) is 6.75. The van der Waals surface area contributed by atoms with Gasteiger partial charge in [0.1, 0.15) is 11.6 Å². The Morgan fingerprint density at radius 1 is 1.07 bits per heavy atom. The van der Waals surface area contributed by atoms with Crippen LogP contribution in [0, 0.1) is 11.7 Å². The average molecular weight is 396 g/mol. The quantitative estimate of drug-likeness (QED) is 0.801. The van der Waals surface area contributed by atoms with Crippen LogP contribution in [0.2, 0.25) is 0 Å². The van der Waals surface area contributed by atoms with Gasteiger partial charge in [0.25, 0.3) is 0 Å². The Balaban J connectivity index is 1.58. The lowest BCUT2D eigenvalue weighted by molar-refractivity contribution is -0.136. The van der Waals surface area contributed by atoms with Crippen molar-refractivity contribution in [2.24, 2.45) is 5.92 Å². The standard InChI is InChI=1S/C23H25FN2O3/c1-16(27)7-12-22(28)26-13-3-5-19(15-26)23(29)25-21-10-8-17(9-11-21)18-4-2-6-20(24)14-18/h2,4,6,8-11,14,19H,3,5,7,12-13,15H2,1H3,(H,25,29)/t19-/m0/s1. The lowest BCUT2D eigenvalue weighted by atomic mass is 9.96. The molecule has 2 aromatic carbocycles. The van der Waals surface area contributed by atoms with Crippen LogP contribution in [0.5, 0.6) is 0 Å². The molecule has 1 heterocycles. The predicted octanol–water partition coefficient (Wildman–Crippen LogP) is 4.04. The van der Waals surface area contributed by atoms with Crippen LogP contribution in [0.15, 0.2) is 48.5 Å². The molecule has 0 saturated carbocycles. The van der Waals surface area contributed by atoms with Gasteiger partial charge in [-0.1, -0.05) is 24.3 Å².